The Labute approximate surface area is 135 Å². The Bertz CT molecular complexity index is 735. The van der Waals surface area contributed by atoms with E-state index in [1.807, 2.05) is 11.8 Å². The molecule has 110 valence electrons. The number of thioether (sulfide) groups is 1. The van der Waals surface area contributed by atoms with Crippen molar-refractivity contribution in [3.8, 4) is 0 Å². The van der Waals surface area contributed by atoms with Gasteiger partial charge in [0.1, 0.15) is 0 Å². The number of hydrogen-bond donors (Lipinski definition) is 0. The predicted octanol–water partition coefficient (Wildman–Crippen LogP) is 4.40. The third-order valence-electron chi connectivity index (χ3n) is 4.19. The van der Waals surface area contributed by atoms with Gasteiger partial charge >= 0.3 is 0 Å². The van der Waals surface area contributed by atoms with Crippen LogP contribution in [0.5, 0.6) is 0 Å². The molecule has 0 aliphatic carbocycles. The molecular formula is C19H18N2S. The zero-order chi connectivity index (χ0) is 14.9. The smallest absolute Gasteiger partial charge is 0.168 e. The molecule has 2 heterocycles. The summed E-state index contributed by atoms with van der Waals surface area (Å²) in [5.41, 5.74) is 4.01. The molecule has 2 aliphatic heterocycles. The van der Waals surface area contributed by atoms with Crippen molar-refractivity contribution < 1.29 is 0 Å². The second-order valence-electron chi connectivity index (χ2n) is 5.71. The van der Waals surface area contributed by atoms with E-state index in [4.69, 9.17) is 4.99 Å². The summed E-state index contributed by atoms with van der Waals surface area (Å²) in [7, 11) is 0. The molecule has 0 aromatic heterocycles. The first-order valence-electron chi connectivity index (χ1n) is 7.64. The average Bonchev–Trinajstić information content (AvgIpc) is 3.08. The minimum absolute atomic E-state index is 0.428. The summed E-state index contributed by atoms with van der Waals surface area (Å²) < 4.78 is 0. The van der Waals surface area contributed by atoms with Gasteiger partial charge in [-0.25, -0.2) is 0 Å². The number of aliphatic imine (C=N–C) groups is 1. The first-order valence-corrected chi connectivity index (χ1v) is 8.46. The van der Waals surface area contributed by atoms with Gasteiger partial charge in [-0.3, -0.25) is 4.99 Å². The van der Waals surface area contributed by atoms with Gasteiger partial charge in [0.15, 0.2) is 5.17 Å². The topological polar surface area (TPSA) is 15.6 Å². The summed E-state index contributed by atoms with van der Waals surface area (Å²) in [6, 6.07) is 21.8. The fourth-order valence-electron chi connectivity index (χ4n) is 3.19. The van der Waals surface area contributed by atoms with Gasteiger partial charge in [0.25, 0.3) is 0 Å². The van der Waals surface area contributed by atoms with Crippen molar-refractivity contribution >= 4 is 22.6 Å². The Kier molecular flexibility index (Phi) is 3.51. The number of allylic oxidation sites excluding steroid dienone is 1. The molecule has 0 N–H and O–H groups in total. The molecule has 0 spiro atoms. The van der Waals surface area contributed by atoms with Crippen LogP contribution in [0.3, 0.4) is 0 Å². The van der Waals surface area contributed by atoms with E-state index in [1.165, 1.54) is 21.7 Å². The van der Waals surface area contributed by atoms with Gasteiger partial charge in [-0.1, -0.05) is 72.4 Å². The summed E-state index contributed by atoms with van der Waals surface area (Å²) in [6.07, 6.45) is 1.04. The van der Waals surface area contributed by atoms with E-state index < -0.39 is 0 Å². The van der Waals surface area contributed by atoms with Gasteiger partial charge < -0.3 is 4.90 Å². The molecule has 3 heteroatoms. The minimum Gasteiger partial charge on any atom is -0.314 e. The number of amidine groups is 1. The molecule has 4 rings (SSSR count). The molecule has 0 saturated heterocycles. The highest BCUT2D eigenvalue weighted by Crippen LogP contribution is 2.43. The number of hydrogen-bond acceptors (Lipinski definition) is 3. The Morgan fingerprint density at radius 2 is 1.73 bits per heavy atom. The van der Waals surface area contributed by atoms with E-state index in [9.17, 15) is 0 Å². The Balaban J connectivity index is 1.65. The number of fused-ring (bicyclic) bond motifs is 1. The molecule has 2 aromatic carbocycles. The van der Waals surface area contributed by atoms with Gasteiger partial charge in [0.2, 0.25) is 0 Å². The first-order chi connectivity index (χ1) is 10.8. The molecule has 0 radical (unpaired) electrons. The van der Waals surface area contributed by atoms with Crippen molar-refractivity contribution in [2.75, 3.05) is 6.54 Å². The maximum atomic E-state index is 4.77. The van der Waals surface area contributed by atoms with Crippen LogP contribution >= 0.6 is 11.8 Å². The zero-order valence-corrected chi connectivity index (χ0v) is 13.4. The van der Waals surface area contributed by atoms with E-state index in [2.05, 4.69) is 72.5 Å². The van der Waals surface area contributed by atoms with E-state index >= 15 is 0 Å². The van der Waals surface area contributed by atoms with E-state index in [-0.39, 0.29) is 0 Å². The molecule has 2 aromatic rings. The van der Waals surface area contributed by atoms with Crippen LogP contribution in [0, 0.1) is 0 Å². The van der Waals surface area contributed by atoms with E-state index in [1.54, 1.807) is 0 Å². The SMILES string of the molecule is CC1=C(c2ccccc2)N2C(=NCC2Cc2ccccc2)S1. The molecule has 0 saturated carbocycles. The Morgan fingerprint density at radius 3 is 2.45 bits per heavy atom. The second kappa shape index (κ2) is 5.65. The molecule has 22 heavy (non-hydrogen) atoms. The number of nitrogens with zero attached hydrogens (tertiary/aromatic N) is 2. The van der Waals surface area contributed by atoms with Crippen LogP contribution < -0.4 is 0 Å². The van der Waals surface area contributed by atoms with Crippen LogP contribution in [-0.2, 0) is 6.42 Å². The van der Waals surface area contributed by atoms with Crippen LogP contribution in [0.2, 0.25) is 0 Å². The summed E-state index contributed by atoms with van der Waals surface area (Å²) in [5, 5.41) is 1.16. The average molecular weight is 306 g/mol. The largest absolute Gasteiger partial charge is 0.314 e. The van der Waals surface area contributed by atoms with Gasteiger partial charge in [-0.05, 0) is 24.5 Å². The highest BCUT2D eigenvalue weighted by atomic mass is 32.2. The summed E-state index contributed by atoms with van der Waals surface area (Å²) in [4.78, 5) is 8.56. The number of benzene rings is 2. The molecule has 0 amide bonds. The van der Waals surface area contributed by atoms with Crippen LogP contribution in [0.4, 0.5) is 0 Å². The first kappa shape index (κ1) is 13.6. The van der Waals surface area contributed by atoms with Crippen LogP contribution in [0.25, 0.3) is 5.70 Å². The molecule has 2 nitrogen and oxygen atoms in total. The molecule has 1 unspecified atom stereocenters. The van der Waals surface area contributed by atoms with Crippen LogP contribution in [0.1, 0.15) is 18.1 Å². The van der Waals surface area contributed by atoms with Crippen molar-refractivity contribution in [2.24, 2.45) is 4.99 Å². The van der Waals surface area contributed by atoms with Gasteiger partial charge in [0, 0.05) is 4.91 Å². The van der Waals surface area contributed by atoms with Gasteiger partial charge in [-0.15, -0.1) is 0 Å². The fraction of sp³-hybridized carbons (Fsp3) is 0.211. The lowest BCUT2D eigenvalue weighted by Crippen LogP contribution is -2.33. The lowest BCUT2D eigenvalue weighted by molar-refractivity contribution is 0.461. The van der Waals surface area contributed by atoms with Crippen molar-refractivity contribution in [1.82, 2.24) is 4.90 Å². The fourth-order valence-corrected chi connectivity index (χ4v) is 4.26. The van der Waals surface area contributed by atoms with Crippen LogP contribution in [-0.4, -0.2) is 22.7 Å². The zero-order valence-electron chi connectivity index (χ0n) is 12.6. The summed E-state index contributed by atoms with van der Waals surface area (Å²) >= 11 is 1.81. The monoisotopic (exact) mass is 306 g/mol. The van der Waals surface area contributed by atoms with Crippen molar-refractivity contribution in [3.63, 3.8) is 0 Å². The Hall–Kier alpha value is -2.00. The van der Waals surface area contributed by atoms with Gasteiger partial charge in [0.05, 0.1) is 18.3 Å². The molecule has 0 fully saturated rings. The van der Waals surface area contributed by atoms with E-state index in [0.29, 0.717) is 6.04 Å². The normalized spacial score (nSPS) is 20.3. The quantitative estimate of drug-likeness (QED) is 0.835. The maximum Gasteiger partial charge on any atom is 0.168 e. The molecule has 0 bridgehead atoms. The lowest BCUT2D eigenvalue weighted by Gasteiger charge is -2.26. The van der Waals surface area contributed by atoms with E-state index in [0.717, 1.165) is 18.1 Å². The lowest BCUT2D eigenvalue weighted by atomic mass is 10.0. The second-order valence-corrected chi connectivity index (χ2v) is 6.89. The summed E-state index contributed by atoms with van der Waals surface area (Å²) in [6.45, 7) is 3.09. The third kappa shape index (κ3) is 2.35. The standard InChI is InChI=1S/C19H18N2S/c1-14-18(16-10-6-3-7-11-16)21-17(13-20-19(21)22-14)12-15-8-4-2-5-9-15/h2-11,17H,12-13H2,1H3. The van der Waals surface area contributed by atoms with Crippen molar-refractivity contribution in [2.45, 2.75) is 19.4 Å². The van der Waals surface area contributed by atoms with Crippen molar-refractivity contribution in [3.05, 3.63) is 76.7 Å². The molecule has 2 aliphatic rings. The highest BCUT2D eigenvalue weighted by Gasteiger charge is 2.37. The molecular weight excluding hydrogens is 288 g/mol. The summed E-state index contributed by atoms with van der Waals surface area (Å²) in [5.74, 6) is 0. The Morgan fingerprint density at radius 1 is 1.05 bits per heavy atom. The minimum atomic E-state index is 0.428. The number of rotatable bonds is 3. The highest BCUT2D eigenvalue weighted by molar-refractivity contribution is 8.17. The van der Waals surface area contributed by atoms with Crippen molar-refractivity contribution in [1.29, 1.82) is 0 Å². The predicted molar refractivity (Wildman–Crippen MR) is 94.7 cm³/mol. The van der Waals surface area contributed by atoms with Gasteiger partial charge in [-0.2, -0.15) is 0 Å². The third-order valence-corrected chi connectivity index (χ3v) is 5.20. The maximum absolute atomic E-state index is 4.77. The molecule has 1 atom stereocenters. The van der Waals surface area contributed by atoms with Crippen LogP contribution in [0.15, 0.2) is 70.6 Å².